The smallest absolute Gasteiger partial charge is 0.0920 e. The van der Waals surface area contributed by atoms with E-state index in [1.165, 1.54) is 57.1 Å². The van der Waals surface area contributed by atoms with Crippen molar-refractivity contribution in [2.45, 2.75) is 77.7 Å². The molecule has 1 saturated heterocycles. The largest absolute Gasteiger partial charge is 0.498 e. The average Bonchev–Trinajstić information content (AvgIpc) is 2.49. The highest BCUT2D eigenvalue weighted by Crippen LogP contribution is 2.28. The Hall–Kier alpha value is -0.500. The van der Waals surface area contributed by atoms with Gasteiger partial charge in [-0.3, -0.25) is 0 Å². The summed E-state index contributed by atoms with van der Waals surface area (Å²) in [5.74, 6) is 2.77. The van der Waals surface area contributed by atoms with Crippen LogP contribution in [-0.2, 0) is 9.47 Å². The van der Waals surface area contributed by atoms with Gasteiger partial charge >= 0.3 is 0 Å². The van der Waals surface area contributed by atoms with E-state index < -0.39 is 0 Å². The molecule has 0 spiro atoms. The first-order chi connectivity index (χ1) is 9.81. The van der Waals surface area contributed by atoms with Gasteiger partial charge in [0.15, 0.2) is 0 Å². The zero-order valence-corrected chi connectivity index (χ0v) is 13.4. The van der Waals surface area contributed by atoms with E-state index >= 15 is 0 Å². The van der Waals surface area contributed by atoms with E-state index in [-0.39, 0.29) is 0 Å². The van der Waals surface area contributed by atoms with Gasteiger partial charge in [0.05, 0.1) is 18.5 Å². The molecule has 0 aromatic heterocycles. The van der Waals surface area contributed by atoms with Gasteiger partial charge in [-0.1, -0.05) is 20.3 Å². The van der Waals surface area contributed by atoms with Gasteiger partial charge < -0.3 is 9.47 Å². The Kier molecular flexibility index (Phi) is 6.92. The van der Waals surface area contributed by atoms with Crippen molar-refractivity contribution in [3.8, 4) is 0 Å². The molecule has 3 unspecified atom stereocenters. The number of allylic oxidation sites excluding steroid dienone is 2. The standard InChI is InChI=1S/C18H32O2/c1-3-5-15-7-11-18(20-13-15)12-9-16-8-10-17(6-4-2)19-14-16/h10,15-16,18H,3-9,11-14H2,1-2H3. The van der Waals surface area contributed by atoms with E-state index in [4.69, 9.17) is 9.47 Å². The molecule has 2 heterocycles. The van der Waals surface area contributed by atoms with Gasteiger partial charge in [0, 0.05) is 13.0 Å². The first-order valence-electron chi connectivity index (χ1n) is 8.75. The molecule has 0 bridgehead atoms. The normalized spacial score (nSPS) is 30.7. The second-order valence-corrected chi connectivity index (χ2v) is 6.60. The molecule has 0 aromatic carbocycles. The lowest BCUT2D eigenvalue weighted by atomic mass is 9.90. The summed E-state index contributed by atoms with van der Waals surface area (Å²) in [5.41, 5.74) is 0. The fraction of sp³-hybridized carbons (Fsp3) is 0.889. The minimum Gasteiger partial charge on any atom is -0.498 e. The minimum absolute atomic E-state index is 0.518. The van der Waals surface area contributed by atoms with Gasteiger partial charge in [0.1, 0.15) is 0 Å². The average molecular weight is 280 g/mol. The summed E-state index contributed by atoms with van der Waals surface area (Å²) in [6, 6.07) is 0. The van der Waals surface area contributed by atoms with Crippen molar-refractivity contribution in [3.63, 3.8) is 0 Å². The molecular weight excluding hydrogens is 248 g/mol. The third kappa shape index (κ3) is 5.12. The summed E-state index contributed by atoms with van der Waals surface area (Å²) in [7, 11) is 0. The SMILES string of the molecule is CCCC1=CCC(CCC2CCC(CCC)CO2)CO1. The minimum atomic E-state index is 0.518. The fourth-order valence-corrected chi connectivity index (χ4v) is 3.42. The van der Waals surface area contributed by atoms with Crippen LogP contribution in [0.2, 0.25) is 0 Å². The van der Waals surface area contributed by atoms with Crippen molar-refractivity contribution >= 4 is 0 Å². The third-order valence-corrected chi connectivity index (χ3v) is 4.74. The van der Waals surface area contributed by atoms with Gasteiger partial charge in [-0.25, -0.2) is 0 Å². The maximum atomic E-state index is 6.04. The van der Waals surface area contributed by atoms with Crippen molar-refractivity contribution in [1.29, 1.82) is 0 Å². The quantitative estimate of drug-likeness (QED) is 0.647. The second-order valence-electron chi connectivity index (χ2n) is 6.60. The van der Waals surface area contributed by atoms with Crippen molar-refractivity contribution in [3.05, 3.63) is 11.8 Å². The first-order valence-corrected chi connectivity index (χ1v) is 8.75. The molecule has 2 rings (SSSR count). The molecule has 2 aliphatic heterocycles. The predicted molar refractivity (Wildman–Crippen MR) is 83.7 cm³/mol. The molecular formula is C18H32O2. The van der Waals surface area contributed by atoms with Crippen LogP contribution >= 0.6 is 0 Å². The van der Waals surface area contributed by atoms with E-state index in [0.717, 1.165) is 25.6 Å². The highest BCUT2D eigenvalue weighted by molar-refractivity contribution is 4.97. The molecule has 0 N–H and O–H groups in total. The molecule has 0 radical (unpaired) electrons. The van der Waals surface area contributed by atoms with Gasteiger partial charge in [-0.05, 0) is 62.9 Å². The predicted octanol–water partition coefficient (Wildman–Crippen LogP) is 5.08. The highest BCUT2D eigenvalue weighted by atomic mass is 16.5. The van der Waals surface area contributed by atoms with Crippen molar-refractivity contribution in [1.82, 2.24) is 0 Å². The van der Waals surface area contributed by atoms with Crippen LogP contribution in [0.1, 0.15) is 71.6 Å². The van der Waals surface area contributed by atoms with Crippen LogP contribution in [0.3, 0.4) is 0 Å². The number of rotatable bonds is 7. The van der Waals surface area contributed by atoms with Crippen LogP contribution in [0.5, 0.6) is 0 Å². The molecule has 0 saturated carbocycles. The molecule has 2 heteroatoms. The topological polar surface area (TPSA) is 18.5 Å². The highest BCUT2D eigenvalue weighted by Gasteiger charge is 2.23. The molecule has 1 fully saturated rings. The number of ether oxygens (including phenoxy) is 2. The van der Waals surface area contributed by atoms with Crippen LogP contribution in [0.15, 0.2) is 11.8 Å². The van der Waals surface area contributed by atoms with Crippen LogP contribution in [0, 0.1) is 11.8 Å². The van der Waals surface area contributed by atoms with Crippen LogP contribution < -0.4 is 0 Å². The van der Waals surface area contributed by atoms with E-state index in [2.05, 4.69) is 19.9 Å². The van der Waals surface area contributed by atoms with Crippen molar-refractivity contribution in [2.24, 2.45) is 11.8 Å². The second kappa shape index (κ2) is 8.71. The molecule has 116 valence electrons. The molecule has 0 amide bonds. The molecule has 2 aliphatic rings. The summed E-state index contributed by atoms with van der Waals surface area (Å²) in [6.07, 6.45) is 14.1. The first kappa shape index (κ1) is 15.9. The molecule has 20 heavy (non-hydrogen) atoms. The Bertz CT molecular complexity index is 290. The Morgan fingerprint density at radius 1 is 1.00 bits per heavy atom. The Labute approximate surface area is 124 Å². The van der Waals surface area contributed by atoms with Crippen LogP contribution in [0.25, 0.3) is 0 Å². The maximum Gasteiger partial charge on any atom is 0.0920 e. The van der Waals surface area contributed by atoms with Crippen molar-refractivity contribution in [2.75, 3.05) is 13.2 Å². The van der Waals surface area contributed by atoms with E-state index in [0.29, 0.717) is 12.0 Å². The molecule has 0 aromatic rings. The summed E-state index contributed by atoms with van der Waals surface area (Å²) < 4.78 is 11.9. The zero-order chi connectivity index (χ0) is 14.2. The summed E-state index contributed by atoms with van der Waals surface area (Å²) >= 11 is 0. The molecule has 3 atom stereocenters. The third-order valence-electron chi connectivity index (χ3n) is 4.74. The van der Waals surface area contributed by atoms with Gasteiger partial charge in [-0.2, -0.15) is 0 Å². The Balaban J connectivity index is 1.60. The van der Waals surface area contributed by atoms with Crippen LogP contribution in [-0.4, -0.2) is 19.3 Å². The van der Waals surface area contributed by atoms with Gasteiger partial charge in [0.2, 0.25) is 0 Å². The maximum absolute atomic E-state index is 6.04. The lowest BCUT2D eigenvalue weighted by Crippen LogP contribution is -2.27. The molecule has 0 aliphatic carbocycles. The van der Waals surface area contributed by atoms with Crippen molar-refractivity contribution < 1.29 is 9.47 Å². The lowest BCUT2D eigenvalue weighted by molar-refractivity contribution is -0.0263. The van der Waals surface area contributed by atoms with E-state index in [1.54, 1.807) is 0 Å². The summed E-state index contributed by atoms with van der Waals surface area (Å²) in [5, 5.41) is 0. The number of hydrogen-bond donors (Lipinski definition) is 0. The zero-order valence-electron chi connectivity index (χ0n) is 13.4. The fourth-order valence-electron chi connectivity index (χ4n) is 3.42. The number of hydrogen-bond acceptors (Lipinski definition) is 2. The summed E-state index contributed by atoms with van der Waals surface area (Å²) in [6.45, 7) is 6.41. The van der Waals surface area contributed by atoms with Gasteiger partial charge in [-0.15, -0.1) is 0 Å². The lowest BCUT2D eigenvalue weighted by Gasteiger charge is -2.30. The van der Waals surface area contributed by atoms with E-state index in [9.17, 15) is 0 Å². The summed E-state index contributed by atoms with van der Waals surface area (Å²) in [4.78, 5) is 0. The Morgan fingerprint density at radius 2 is 1.90 bits per heavy atom. The van der Waals surface area contributed by atoms with Crippen LogP contribution in [0.4, 0.5) is 0 Å². The van der Waals surface area contributed by atoms with Gasteiger partial charge in [0.25, 0.3) is 0 Å². The molecule has 2 nitrogen and oxygen atoms in total. The van der Waals surface area contributed by atoms with E-state index in [1.807, 2.05) is 0 Å². The Morgan fingerprint density at radius 3 is 2.50 bits per heavy atom. The monoisotopic (exact) mass is 280 g/mol.